The van der Waals surface area contributed by atoms with Crippen LogP contribution in [0.15, 0.2) is 53.4 Å². The Morgan fingerprint density at radius 2 is 1.70 bits per heavy atom. The van der Waals surface area contributed by atoms with Crippen LogP contribution in [-0.4, -0.2) is 28.0 Å². The number of carbonyl (C=O) groups excluding carboxylic acids is 1. The first-order valence-corrected chi connectivity index (χ1v) is 8.13. The Balaban J connectivity index is 1.95. The molecule has 0 aliphatic rings. The molecule has 0 atom stereocenters. The Labute approximate surface area is 134 Å². The number of hydrogen-bond donors (Lipinski definition) is 2. The second kappa shape index (κ2) is 7.12. The first-order valence-electron chi connectivity index (χ1n) is 6.58. The Morgan fingerprint density at radius 3 is 2.26 bits per heavy atom. The van der Waals surface area contributed by atoms with E-state index in [4.69, 9.17) is 14.6 Å². The number of sulfonamides is 1. The molecule has 0 aliphatic heterocycles. The van der Waals surface area contributed by atoms with Gasteiger partial charge < -0.3 is 14.8 Å². The summed E-state index contributed by atoms with van der Waals surface area (Å²) in [6.45, 7) is -0.211. The first kappa shape index (κ1) is 16.8. The number of ether oxygens (including phenoxy) is 2. The lowest BCUT2D eigenvalue weighted by atomic mass is 10.3. The van der Waals surface area contributed by atoms with Gasteiger partial charge in [0.15, 0.2) is 18.1 Å². The molecule has 0 radical (unpaired) electrons. The lowest BCUT2D eigenvalue weighted by Gasteiger charge is -2.10. The van der Waals surface area contributed by atoms with E-state index in [1.807, 2.05) is 0 Å². The largest absolute Gasteiger partial charge is 0.493 e. The molecule has 0 unspecified atom stereocenters. The van der Waals surface area contributed by atoms with Crippen LogP contribution in [0, 0.1) is 0 Å². The summed E-state index contributed by atoms with van der Waals surface area (Å²) in [5.41, 5.74) is 0.436. The smallest absolute Gasteiger partial charge is 0.262 e. The maximum Gasteiger partial charge on any atom is 0.262 e. The molecule has 2 aromatic carbocycles. The lowest BCUT2D eigenvalue weighted by Crippen LogP contribution is -2.20. The van der Waals surface area contributed by atoms with Crippen LogP contribution in [0.1, 0.15) is 0 Å². The molecule has 2 rings (SSSR count). The molecule has 0 aliphatic carbocycles. The number of hydrogen-bond acceptors (Lipinski definition) is 5. The molecule has 0 saturated carbocycles. The number of benzene rings is 2. The van der Waals surface area contributed by atoms with E-state index < -0.39 is 10.0 Å². The van der Waals surface area contributed by atoms with E-state index in [9.17, 15) is 13.2 Å². The van der Waals surface area contributed by atoms with Gasteiger partial charge in [0, 0.05) is 5.69 Å². The predicted molar refractivity (Wildman–Crippen MR) is 84.9 cm³/mol. The summed E-state index contributed by atoms with van der Waals surface area (Å²) in [6, 6.07) is 12.5. The second-order valence-electron chi connectivity index (χ2n) is 4.56. The fraction of sp³-hybridized carbons (Fsp3) is 0.133. The summed E-state index contributed by atoms with van der Waals surface area (Å²) in [6.07, 6.45) is 0. The number of amides is 1. The SMILES string of the molecule is COc1ccccc1OCC(=O)Nc1ccc(S(N)(=O)=O)cc1. The van der Waals surface area contributed by atoms with Crippen molar-refractivity contribution >= 4 is 21.6 Å². The Kier molecular flexibility index (Phi) is 5.20. The Morgan fingerprint density at radius 1 is 1.09 bits per heavy atom. The third-order valence-corrected chi connectivity index (χ3v) is 3.82. The predicted octanol–water partition coefficient (Wildman–Crippen LogP) is 1.36. The fourth-order valence-corrected chi connectivity index (χ4v) is 2.32. The number of primary sulfonamides is 1. The fourth-order valence-electron chi connectivity index (χ4n) is 1.81. The summed E-state index contributed by atoms with van der Waals surface area (Å²) in [5, 5.41) is 7.59. The number of nitrogens with two attached hydrogens (primary N) is 1. The van der Waals surface area contributed by atoms with E-state index in [-0.39, 0.29) is 17.4 Å². The minimum Gasteiger partial charge on any atom is -0.493 e. The molecular weight excluding hydrogens is 320 g/mol. The van der Waals surface area contributed by atoms with E-state index in [1.54, 1.807) is 24.3 Å². The summed E-state index contributed by atoms with van der Waals surface area (Å²) >= 11 is 0. The van der Waals surface area contributed by atoms with Gasteiger partial charge in [-0.25, -0.2) is 13.6 Å². The van der Waals surface area contributed by atoms with Gasteiger partial charge in [-0.1, -0.05) is 12.1 Å². The maximum absolute atomic E-state index is 11.8. The molecule has 7 nitrogen and oxygen atoms in total. The molecular formula is C15H16N2O5S. The van der Waals surface area contributed by atoms with Gasteiger partial charge in [-0.2, -0.15) is 0 Å². The van der Waals surface area contributed by atoms with E-state index in [1.165, 1.54) is 31.4 Å². The highest BCUT2D eigenvalue weighted by Gasteiger charge is 2.09. The molecule has 0 heterocycles. The highest BCUT2D eigenvalue weighted by molar-refractivity contribution is 7.89. The molecule has 0 bridgehead atoms. The quantitative estimate of drug-likeness (QED) is 0.828. The summed E-state index contributed by atoms with van der Waals surface area (Å²) in [4.78, 5) is 11.8. The van der Waals surface area contributed by atoms with Gasteiger partial charge in [0.2, 0.25) is 10.0 Å². The molecule has 122 valence electrons. The first-order chi connectivity index (χ1) is 10.9. The van der Waals surface area contributed by atoms with Crippen molar-refractivity contribution in [2.75, 3.05) is 19.0 Å². The number of rotatable bonds is 6. The lowest BCUT2D eigenvalue weighted by molar-refractivity contribution is -0.118. The molecule has 0 spiro atoms. The monoisotopic (exact) mass is 336 g/mol. The van der Waals surface area contributed by atoms with Gasteiger partial charge in [0.05, 0.1) is 12.0 Å². The van der Waals surface area contributed by atoms with Crippen molar-refractivity contribution < 1.29 is 22.7 Å². The number of anilines is 1. The summed E-state index contributed by atoms with van der Waals surface area (Å²) in [5.74, 6) is 0.590. The molecule has 3 N–H and O–H groups in total. The average molecular weight is 336 g/mol. The van der Waals surface area contributed by atoms with Crippen LogP contribution in [0.5, 0.6) is 11.5 Å². The zero-order valence-electron chi connectivity index (χ0n) is 12.4. The van der Waals surface area contributed by atoms with Crippen LogP contribution < -0.4 is 19.9 Å². The number of carbonyl (C=O) groups is 1. The normalized spacial score (nSPS) is 10.9. The van der Waals surface area contributed by atoms with Gasteiger partial charge in [0.1, 0.15) is 0 Å². The van der Waals surface area contributed by atoms with E-state index in [0.717, 1.165) is 0 Å². The topological polar surface area (TPSA) is 108 Å². The average Bonchev–Trinajstić information content (AvgIpc) is 2.53. The van der Waals surface area contributed by atoms with Crippen LogP contribution in [-0.2, 0) is 14.8 Å². The van der Waals surface area contributed by atoms with Gasteiger partial charge in [-0.15, -0.1) is 0 Å². The molecule has 0 aromatic heterocycles. The minimum atomic E-state index is -3.75. The third-order valence-electron chi connectivity index (χ3n) is 2.89. The van der Waals surface area contributed by atoms with Crippen molar-refractivity contribution in [1.29, 1.82) is 0 Å². The summed E-state index contributed by atoms with van der Waals surface area (Å²) < 4.78 is 32.8. The molecule has 0 fully saturated rings. The Bertz CT molecular complexity index is 788. The zero-order chi connectivity index (χ0) is 16.9. The molecule has 0 saturated heterocycles. The van der Waals surface area contributed by atoms with Gasteiger partial charge >= 0.3 is 0 Å². The van der Waals surface area contributed by atoms with Gasteiger partial charge in [0.25, 0.3) is 5.91 Å². The molecule has 2 aromatic rings. The van der Waals surface area contributed by atoms with E-state index in [2.05, 4.69) is 5.32 Å². The highest BCUT2D eigenvalue weighted by atomic mass is 32.2. The second-order valence-corrected chi connectivity index (χ2v) is 6.12. The van der Waals surface area contributed by atoms with Crippen LogP contribution >= 0.6 is 0 Å². The minimum absolute atomic E-state index is 0.0271. The van der Waals surface area contributed by atoms with Gasteiger partial charge in [-0.3, -0.25) is 4.79 Å². The van der Waals surface area contributed by atoms with Crippen molar-refractivity contribution in [3.8, 4) is 11.5 Å². The highest BCUT2D eigenvalue weighted by Crippen LogP contribution is 2.25. The standard InChI is InChI=1S/C15H16N2O5S/c1-21-13-4-2-3-5-14(13)22-10-15(18)17-11-6-8-12(9-7-11)23(16,19)20/h2-9H,10H2,1H3,(H,17,18)(H2,16,19,20). The van der Waals surface area contributed by atoms with E-state index in [0.29, 0.717) is 17.2 Å². The number of para-hydroxylation sites is 2. The van der Waals surface area contributed by atoms with Crippen LogP contribution in [0.25, 0.3) is 0 Å². The van der Waals surface area contributed by atoms with Crippen molar-refractivity contribution in [1.82, 2.24) is 0 Å². The third kappa shape index (κ3) is 4.70. The molecule has 23 heavy (non-hydrogen) atoms. The van der Waals surface area contributed by atoms with Gasteiger partial charge in [-0.05, 0) is 36.4 Å². The maximum atomic E-state index is 11.8. The number of methoxy groups -OCH3 is 1. The van der Waals surface area contributed by atoms with Crippen molar-refractivity contribution in [2.24, 2.45) is 5.14 Å². The van der Waals surface area contributed by atoms with Crippen LogP contribution in [0.3, 0.4) is 0 Å². The van der Waals surface area contributed by atoms with Crippen molar-refractivity contribution in [2.45, 2.75) is 4.90 Å². The van der Waals surface area contributed by atoms with Crippen LogP contribution in [0.4, 0.5) is 5.69 Å². The molecule has 8 heteroatoms. The van der Waals surface area contributed by atoms with Crippen molar-refractivity contribution in [3.63, 3.8) is 0 Å². The summed E-state index contributed by atoms with van der Waals surface area (Å²) in [7, 11) is -2.24. The number of nitrogens with one attached hydrogen (secondary N) is 1. The van der Waals surface area contributed by atoms with Crippen molar-refractivity contribution in [3.05, 3.63) is 48.5 Å². The van der Waals surface area contributed by atoms with Crippen LogP contribution in [0.2, 0.25) is 0 Å². The molecule has 1 amide bonds. The van der Waals surface area contributed by atoms with E-state index >= 15 is 0 Å². The zero-order valence-corrected chi connectivity index (χ0v) is 13.2. The Hall–Kier alpha value is -2.58.